The summed E-state index contributed by atoms with van der Waals surface area (Å²) in [7, 11) is 0. The summed E-state index contributed by atoms with van der Waals surface area (Å²) in [5.41, 5.74) is 2.07. The number of carbonyl (C=O) groups is 4. The fraction of sp³-hybridized carbons (Fsp3) is 0.120. The Kier molecular flexibility index (Phi) is 6.24. The molecule has 1 unspecified atom stereocenters. The number of carbonyl (C=O) groups excluding carboxylic acids is 4. The van der Waals surface area contributed by atoms with Crippen molar-refractivity contribution in [3.8, 4) is 0 Å². The fourth-order valence-electron chi connectivity index (χ4n) is 3.50. The van der Waals surface area contributed by atoms with E-state index in [-0.39, 0.29) is 11.6 Å². The van der Waals surface area contributed by atoms with Gasteiger partial charge in [0.15, 0.2) is 6.61 Å². The van der Waals surface area contributed by atoms with Crippen LogP contribution >= 0.6 is 11.6 Å². The zero-order chi connectivity index (χ0) is 23.5. The van der Waals surface area contributed by atoms with Crippen LogP contribution in [-0.2, 0) is 9.53 Å². The van der Waals surface area contributed by atoms with Gasteiger partial charge in [-0.15, -0.1) is 0 Å². The van der Waals surface area contributed by atoms with Gasteiger partial charge >= 0.3 is 5.97 Å². The summed E-state index contributed by atoms with van der Waals surface area (Å²) < 4.78 is 5.08. The van der Waals surface area contributed by atoms with Crippen LogP contribution in [0, 0.1) is 0 Å². The second-order valence-electron chi connectivity index (χ2n) is 7.46. The molecule has 0 fully saturated rings. The third kappa shape index (κ3) is 4.63. The number of rotatable bonds is 6. The summed E-state index contributed by atoms with van der Waals surface area (Å²) in [6, 6.07) is 19.2. The normalized spacial score (nSPS) is 13.5. The number of nitrogens with one attached hydrogen (secondary N) is 1. The molecule has 1 heterocycles. The lowest BCUT2D eigenvalue weighted by Crippen LogP contribution is -2.31. The topological polar surface area (TPSA) is 92.8 Å². The number of amides is 3. The Morgan fingerprint density at radius 3 is 2.06 bits per heavy atom. The van der Waals surface area contributed by atoms with Crippen LogP contribution in [0.2, 0.25) is 5.02 Å². The van der Waals surface area contributed by atoms with E-state index in [4.69, 9.17) is 16.3 Å². The Hall–Kier alpha value is -3.97. The Balaban J connectivity index is 1.34. The average molecular weight is 463 g/mol. The van der Waals surface area contributed by atoms with Crippen LogP contribution in [0.4, 0.5) is 5.69 Å². The van der Waals surface area contributed by atoms with E-state index in [2.05, 4.69) is 5.32 Å². The number of hydrogen-bond acceptors (Lipinski definition) is 5. The number of fused-ring (bicyclic) bond motifs is 1. The van der Waals surface area contributed by atoms with E-state index < -0.39 is 30.3 Å². The van der Waals surface area contributed by atoms with Crippen LogP contribution in [0.1, 0.15) is 49.6 Å². The van der Waals surface area contributed by atoms with Gasteiger partial charge < -0.3 is 10.1 Å². The number of nitrogens with zero attached hydrogens (tertiary/aromatic N) is 1. The first-order valence-electron chi connectivity index (χ1n) is 10.1. The highest BCUT2D eigenvalue weighted by Gasteiger charge is 2.36. The Morgan fingerprint density at radius 2 is 1.48 bits per heavy atom. The third-order valence-corrected chi connectivity index (χ3v) is 5.49. The van der Waals surface area contributed by atoms with E-state index >= 15 is 0 Å². The van der Waals surface area contributed by atoms with Gasteiger partial charge in [0.05, 0.1) is 28.4 Å². The lowest BCUT2D eigenvalue weighted by atomic mass is 10.1. The van der Waals surface area contributed by atoms with Gasteiger partial charge in [-0.1, -0.05) is 35.9 Å². The molecule has 33 heavy (non-hydrogen) atoms. The van der Waals surface area contributed by atoms with E-state index in [0.29, 0.717) is 21.8 Å². The number of benzene rings is 3. The van der Waals surface area contributed by atoms with E-state index in [1.54, 1.807) is 55.5 Å². The van der Waals surface area contributed by atoms with Gasteiger partial charge in [0.1, 0.15) is 0 Å². The minimum absolute atomic E-state index is 0.189. The molecule has 3 amide bonds. The zero-order valence-corrected chi connectivity index (χ0v) is 18.3. The highest BCUT2D eigenvalue weighted by atomic mass is 35.5. The molecule has 0 radical (unpaired) electrons. The first kappa shape index (κ1) is 22.2. The molecule has 1 atom stereocenters. The van der Waals surface area contributed by atoms with Gasteiger partial charge in [0.2, 0.25) is 0 Å². The summed E-state index contributed by atoms with van der Waals surface area (Å²) in [4.78, 5) is 50.7. The minimum Gasteiger partial charge on any atom is -0.452 e. The molecule has 7 nitrogen and oxygen atoms in total. The predicted octanol–water partition coefficient (Wildman–Crippen LogP) is 4.17. The molecular formula is C25H19ClN2O5. The van der Waals surface area contributed by atoms with Crippen molar-refractivity contribution >= 4 is 41.0 Å². The molecule has 8 heteroatoms. The second-order valence-corrected chi connectivity index (χ2v) is 7.89. The van der Waals surface area contributed by atoms with E-state index in [9.17, 15) is 19.2 Å². The largest absolute Gasteiger partial charge is 0.452 e. The summed E-state index contributed by atoms with van der Waals surface area (Å²) in [5, 5.41) is 3.34. The Labute approximate surface area is 194 Å². The molecule has 3 aromatic rings. The van der Waals surface area contributed by atoms with Crippen LogP contribution in [0.25, 0.3) is 0 Å². The van der Waals surface area contributed by atoms with Crippen molar-refractivity contribution in [3.63, 3.8) is 0 Å². The Bertz CT molecular complexity index is 1200. The molecular weight excluding hydrogens is 444 g/mol. The Morgan fingerprint density at radius 1 is 0.909 bits per heavy atom. The van der Waals surface area contributed by atoms with Gasteiger partial charge in [-0.3, -0.25) is 14.4 Å². The van der Waals surface area contributed by atoms with Crippen LogP contribution in [0.15, 0.2) is 72.8 Å². The van der Waals surface area contributed by atoms with Crippen LogP contribution in [0.5, 0.6) is 0 Å². The maximum absolute atomic E-state index is 12.6. The molecule has 0 aromatic heterocycles. The van der Waals surface area contributed by atoms with E-state index in [0.717, 1.165) is 10.5 Å². The summed E-state index contributed by atoms with van der Waals surface area (Å²) in [5.74, 6) is -1.98. The molecule has 4 rings (SSSR count). The number of imide groups is 1. The number of ether oxygens (including phenoxy) is 1. The van der Waals surface area contributed by atoms with Crippen LogP contribution in [-0.4, -0.2) is 30.3 Å². The first-order valence-corrected chi connectivity index (χ1v) is 10.5. The average Bonchev–Trinajstić information content (AvgIpc) is 3.08. The lowest BCUT2D eigenvalue weighted by Gasteiger charge is -2.15. The standard InChI is InChI=1S/C25H19ClN2O5/c1-15(16-6-10-18(26)11-7-16)27-22(29)14-33-25(32)17-8-12-19(13-9-17)28-23(30)20-4-2-3-5-21(20)24(28)31/h2-13,15H,14H2,1H3,(H,27,29). The maximum atomic E-state index is 12.6. The van der Waals surface area contributed by atoms with Gasteiger partial charge in [0, 0.05) is 5.02 Å². The first-order chi connectivity index (χ1) is 15.8. The SMILES string of the molecule is CC(NC(=O)COC(=O)c1ccc(N2C(=O)c3ccccc3C2=O)cc1)c1ccc(Cl)cc1. The van der Waals surface area contributed by atoms with Crippen molar-refractivity contribution in [1.29, 1.82) is 0 Å². The maximum Gasteiger partial charge on any atom is 0.338 e. The van der Waals surface area contributed by atoms with Crippen LogP contribution < -0.4 is 10.2 Å². The lowest BCUT2D eigenvalue weighted by molar-refractivity contribution is -0.124. The molecule has 1 N–H and O–H groups in total. The number of anilines is 1. The monoisotopic (exact) mass is 462 g/mol. The van der Waals surface area contributed by atoms with Gasteiger partial charge in [-0.25, -0.2) is 9.69 Å². The van der Waals surface area contributed by atoms with Gasteiger partial charge in [-0.05, 0) is 61.0 Å². The molecule has 1 aliphatic rings. The zero-order valence-electron chi connectivity index (χ0n) is 17.6. The van der Waals surface area contributed by atoms with Gasteiger partial charge in [0.25, 0.3) is 17.7 Å². The van der Waals surface area contributed by atoms with Crippen molar-refractivity contribution in [2.24, 2.45) is 0 Å². The van der Waals surface area contributed by atoms with Crippen molar-refractivity contribution in [2.45, 2.75) is 13.0 Å². The van der Waals surface area contributed by atoms with E-state index in [1.807, 2.05) is 0 Å². The summed E-state index contributed by atoms with van der Waals surface area (Å²) in [6.45, 7) is 1.36. The molecule has 3 aromatic carbocycles. The van der Waals surface area contributed by atoms with Crippen molar-refractivity contribution in [3.05, 3.63) is 100 Å². The van der Waals surface area contributed by atoms with Crippen LogP contribution in [0.3, 0.4) is 0 Å². The summed E-state index contributed by atoms with van der Waals surface area (Å²) in [6.07, 6.45) is 0. The molecule has 166 valence electrons. The summed E-state index contributed by atoms with van der Waals surface area (Å²) >= 11 is 5.87. The highest BCUT2D eigenvalue weighted by molar-refractivity contribution is 6.34. The highest BCUT2D eigenvalue weighted by Crippen LogP contribution is 2.28. The van der Waals surface area contributed by atoms with Gasteiger partial charge in [-0.2, -0.15) is 0 Å². The van der Waals surface area contributed by atoms with Crippen molar-refractivity contribution < 1.29 is 23.9 Å². The molecule has 0 spiro atoms. The number of hydrogen-bond donors (Lipinski definition) is 1. The molecule has 1 aliphatic heterocycles. The minimum atomic E-state index is -0.696. The molecule has 0 aliphatic carbocycles. The fourth-order valence-corrected chi connectivity index (χ4v) is 3.63. The molecule has 0 bridgehead atoms. The predicted molar refractivity (Wildman–Crippen MR) is 122 cm³/mol. The quantitative estimate of drug-likeness (QED) is 0.438. The number of halogens is 1. The third-order valence-electron chi connectivity index (χ3n) is 5.24. The van der Waals surface area contributed by atoms with Crippen molar-refractivity contribution in [2.75, 3.05) is 11.5 Å². The van der Waals surface area contributed by atoms with E-state index in [1.165, 1.54) is 24.3 Å². The molecule has 0 saturated heterocycles. The number of esters is 1. The van der Waals surface area contributed by atoms with Crippen molar-refractivity contribution in [1.82, 2.24) is 5.32 Å². The second kappa shape index (κ2) is 9.26. The smallest absolute Gasteiger partial charge is 0.338 e. The molecule has 0 saturated carbocycles.